The predicted molar refractivity (Wildman–Crippen MR) is 154 cm³/mol. The average molecular weight is 495 g/mol. The lowest BCUT2D eigenvalue weighted by Gasteiger charge is -2.11. The molecule has 3 heteroatoms. The lowest BCUT2D eigenvalue weighted by molar-refractivity contribution is 1.18. The number of nitrogens with zero attached hydrogens (tertiary/aromatic N) is 2. The van der Waals surface area contributed by atoms with Crippen LogP contribution in [0.2, 0.25) is 5.02 Å². The number of hydrogen-bond acceptors (Lipinski definition) is 2. The van der Waals surface area contributed by atoms with Gasteiger partial charge in [-0.25, -0.2) is 9.97 Å². The average Bonchev–Trinajstić information content (AvgIpc) is 2.98. The Hall–Kier alpha value is -4.53. The standard InChI is InChI=1S/C34H23ClN2/c35-31-21-19-29(20-22-31)33-23-32(28-15-11-26(12-16-28)24-7-3-1-4-8-24)36-34(37-33)30-17-13-27(14-18-30)25-9-5-2-6-10-25/h1-23H. The Labute approximate surface area is 221 Å². The second-order valence-corrected chi connectivity index (χ2v) is 9.29. The fraction of sp³-hybridized carbons (Fsp3) is 0. The van der Waals surface area contributed by atoms with Crippen molar-refractivity contribution in [2.75, 3.05) is 0 Å². The summed E-state index contributed by atoms with van der Waals surface area (Å²) in [6, 6.07) is 47.5. The zero-order chi connectivity index (χ0) is 25.0. The maximum Gasteiger partial charge on any atom is 0.160 e. The number of halogens is 1. The monoisotopic (exact) mass is 494 g/mol. The molecule has 0 N–H and O–H groups in total. The number of rotatable bonds is 5. The molecule has 0 spiro atoms. The van der Waals surface area contributed by atoms with E-state index in [0.29, 0.717) is 10.8 Å². The van der Waals surface area contributed by atoms with Crippen LogP contribution in [-0.4, -0.2) is 9.97 Å². The van der Waals surface area contributed by atoms with Crippen LogP contribution in [0.15, 0.2) is 140 Å². The fourth-order valence-corrected chi connectivity index (χ4v) is 4.53. The summed E-state index contributed by atoms with van der Waals surface area (Å²) >= 11 is 6.15. The summed E-state index contributed by atoms with van der Waals surface area (Å²) in [4.78, 5) is 9.93. The minimum Gasteiger partial charge on any atom is -0.228 e. The number of hydrogen-bond donors (Lipinski definition) is 0. The van der Waals surface area contributed by atoms with Crippen LogP contribution in [0.4, 0.5) is 0 Å². The molecule has 176 valence electrons. The summed E-state index contributed by atoms with van der Waals surface area (Å²) in [7, 11) is 0. The molecule has 0 amide bonds. The molecule has 2 nitrogen and oxygen atoms in total. The molecule has 0 saturated heterocycles. The van der Waals surface area contributed by atoms with Crippen molar-refractivity contribution < 1.29 is 0 Å². The predicted octanol–water partition coefficient (Wildman–Crippen LogP) is 9.46. The summed E-state index contributed by atoms with van der Waals surface area (Å²) in [5, 5.41) is 0.700. The Bertz CT molecular complexity index is 1520. The first-order valence-corrected chi connectivity index (χ1v) is 12.6. The van der Waals surface area contributed by atoms with Crippen molar-refractivity contribution in [1.29, 1.82) is 0 Å². The largest absolute Gasteiger partial charge is 0.228 e. The van der Waals surface area contributed by atoms with Crippen molar-refractivity contribution in [2.45, 2.75) is 0 Å². The first-order valence-electron chi connectivity index (χ1n) is 12.2. The molecule has 0 atom stereocenters. The first-order chi connectivity index (χ1) is 18.2. The van der Waals surface area contributed by atoms with Crippen molar-refractivity contribution >= 4 is 11.6 Å². The fourth-order valence-electron chi connectivity index (χ4n) is 4.40. The van der Waals surface area contributed by atoms with Crippen molar-refractivity contribution in [1.82, 2.24) is 9.97 Å². The third-order valence-corrected chi connectivity index (χ3v) is 6.66. The zero-order valence-corrected chi connectivity index (χ0v) is 20.8. The van der Waals surface area contributed by atoms with E-state index in [0.717, 1.165) is 33.6 Å². The van der Waals surface area contributed by atoms with Crippen molar-refractivity contribution in [3.63, 3.8) is 0 Å². The molecule has 0 fully saturated rings. The molecule has 6 aromatic rings. The Morgan fingerprint density at radius 3 is 1.16 bits per heavy atom. The summed E-state index contributed by atoms with van der Waals surface area (Å²) in [6.45, 7) is 0. The Kier molecular flexibility index (Phi) is 6.33. The molecule has 0 saturated carbocycles. The van der Waals surface area contributed by atoms with Crippen LogP contribution in [0.1, 0.15) is 0 Å². The molecule has 0 unspecified atom stereocenters. The van der Waals surface area contributed by atoms with E-state index in [4.69, 9.17) is 21.6 Å². The smallest absolute Gasteiger partial charge is 0.160 e. The third kappa shape index (κ3) is 5.06. The highest BCUT2D eigenvalue weighted by Crippen LogP contribution is 2.30. The van der Waals surface area contributed by atoms with Gasteiger partial charge < -0.3 is 0 Å². The highest BCUT2D eigenvalue weighted by atomic mass is 35.5. The SMILES string of the molecule is Clc1ccc(-c2cc(-c3ccc(-c4ccccc4)cc3)nc(-c3ccc(-c4ccccc4)cc3)n2)cc1. The van der Waals surface area contributed by atoms with E-state index in [1.807, 2.05) is 42.5 Å². The van der Waals surface area contributed by atoms with E-state index >= 15 is 0 Å². The van der Waals surface area contributed by atoms with Gasteiger partial charge >= 0.3 is 0 Å². The second-order valence-electron chi connectivity index (χ2n) is 8.86. The molecular weight excluding hydrogens is 472 g/mol. The summed E-state index contributed by atoms with van der Waals surface area (Å²) in [5.74, 6) is 0.689. The summed E-state index contributed by atoms with van der Waals surface area (Å²) in [5.41, 5.74) is 9.45. The molecule has 0 aliphatic carbocycles. The maximum atomic E-state index is 6.15. The molecule has 1 aromatic heterocycles. The van der Waals surface area contributed by atoms with Crippen LogP contribution in [0.3, 0.4) is 0 Å². The second kappa shape index (κ2) is 10.2. The van der Waals surface area contributed by atoms with Gasteiger partial charge in [-0.05, 0) is 40.5 Å². The van der Waals surface area contributed by atoms with Gasteiger partial charge in [-0.3, -0.25) is 0 Å². The molecule has 0 bridgehead atoms. The minimum absolute atomic E-state index is 0.689. The Morgan fingerprint density at radius 1 is 0.351 bits per heavy atom. The van der Waals surface area contributed by atoms with E-state index in [2.05, 4.69) is 97.1 Å². The van der Waals surface area contributed by atoms with Gasteiger partial charge in [0.25, 0.3) is 0 Å². The first kappa shape index (κ1) is 22.9. The van der Waals surface area contributed by atoms with Crippen molar-refractivity contribution in [3.05, 3.63) is 145 Å². The van der Waals surface area contributed by atoms with Crippen LogP contribution in [0, 0.1) is 0 Å². The molecule has 6 rings (SSSR count). The van der Waals surface area contributed by atoms with Gasteiger partial charge in [0.1, 0.15) is 0 Å². The summed E-state index contributed by atoms with van der Waals surface area (Å²) in [6.07, 6.45) is 0. The zero-order valence-electron chi connectivity index (χ0n) is 20.1. The maximum absolute atomic E-state index is 6.15. The van der Waals surface area contributed by atoms with Gasteiger partial charge in [0.05, 0.1) is 11.4 Å². The van der Waals surface area contributed by atoms with Crippen LogP contribution in [0.5, 0.6) is 0 Å². The van der Waals surface area contributed by atoms with E-state index in [1.54, 1.807) is 0 Å². The third-order valence-electron chi connectivity index (χ3n) is 6.40. The van der Waals surface area contributed by atoms with Crippen molar-refractivity contribution in [2.24, 2.45) is 0 Å². The van der Waals surface area contributed by atoms with Gasteiger partial charge in [0, 0.05) is 21.7 Å². The quantitative estimate of drug-likeness (QED) is 0.238. The molecule has 5 aromatic carbocycles. The lowest BCUT2D eigenvalue weighted by atomic mass is 10.0. The molecular formula is C34H23ClN2. The van der Waals surface area contributed by atoms with Gasteiger partial charge in [-0.15, -0.1) is 0 Å². The van der Waals surface area contributed by atoms with E-state index < -0.39 is 0 Å². The summed E-state index contributed by atoms with van der Waals surface area (Å²) < 4.78 is 0. The van der Waals surface area contributed by atoms with E-state index in [-0.39, 0.29) is 0 Å². The van der Waals surface area contributed by atoms with Gasteiger partial charge in [-0.2, -0.15) is 0 Å². The highest BCUT2D eigenvalue weighted by molar-refractivity contribution is 6.30. The Morgan fingerprint density at radius 2 is 0.703 bits per heavy atom. The minimum atomic E-state index is 0.689. The van der Waals surface area contributed by atoms with E-state index in [9.17, 15) is 0 Å². The van der Waals surface area contributed by atoms with Crippen LogP contribution in [0.25, 0.3) is 56.2 Å². The van der Waals surface area contributed by atoms with Crippen LogP contribution in [-0.2, 0) is 0 Å². The van der Waals surface area contributed by atoms with Gasteiger partial charge in [0.2, 0.25) is 0 Å². The van der Waals surface area contributed by atoms with E-state index in [1.165, 1.54) is 16.7 Å². The van der Waals surface area contributed by atoms with Gasteiger partial charge in [-0.1, -0.05) is 133 Å². The molecule has 1 heterocycles. The lowest BCUT2D eigenvalue weighted by Crippen LogP contribution is -1.96. The number of aromatic nitrogens is 2. The molecule has 37 heavy (non-hydrogen) atoms. The molecule has 0 radical (unpaired) electrons. The molecule has 0 aliphatic rings. The van der Waals surface area contributed by atoms with Crippen molar-refractivity contribution in [3.8, 4) is 56.2 Å². The molecule has 0 aliphatic heterocycles. The normalized spacial score (nSPS) is 10.8. The number of benzene rings is 5. The van der Waals surface area contributed by atoms with Crippen LogP contribution >= 0.6 is 11.6 Å². The Balaban J connectivity index is 1.42. The van der Waals surface area contributed by atoms with Crippen LogP contribution < -0.4 is 0 Å². The highest BCUT2D eigenvalue weighted by Gasteiger charge is 2.11. The topological polar surface area (TPSA) is 25.8 Å². The van der Waals surface area contributed by atoms with Gasteiger partial charge in [0.15, 0.2) is 5.82 Å².